The van der Waals surface area contributed by atoms with Crippen LogP contribution in [-0.4, -0.2) is 21.7 Å². The summed E-state index contributed by atoms with van der Waals surface area (Å²) in [6.07, 6.45) is -2.78. The van der Waals surface area contributed by atoms with Gasteiger partial charge in [0.25, 0.3) is 5.91 Å². The molecule has 0 spiro atoms. The van der Waals surface area contributed by atoms with Crippen molar-refractivity contribution in [2.45, 2.75) is 38.9 Å². The number of hydrogen-bond acceptors (Lipinski definition) is 4. The summed E-state index contributed by atoms with van der Waals surface area (Å²) in [4.78, 5) is 32.6. The van der Waals surface area contributed by atoms with E-state index < -0.39 is 22.7 Å². The monoisotopic (exact) mass is 411 g/mol. The predicted octanol–water partition coefficient (Wildman–Crippen LogP) is 3.91. The van der Waals surface area contributed by atoms with Crippen molar-refractivity contribution in [1.29, 1.82) is 0 Å². The molecule has 1 heterocycles. The van der Waals surface area contributed by atoms with E-state index in [4.69, 9.17) is 11.6 Å². The molecule has 1 aliphatic carbocycles. The Labute approximate surface area is 164 Å². The highest BCUT2D eigenvalue weighted by Gasteiger charge is 2.34. The lowest BCUT2D eigenvalue weighted by Gasteiger charge is -2.13. The van der Waals surface area contributed by atoms with Crippen molar-refractivity contribution in [3.05, 3.63) is 57.6 Å². The second kappa shape index (κ2) is 7.87. The second-order valence-electron chi connectivity index (χ2n) is 6.69. The van der Waals surface area contributed by atoms with Crippen molar-refractivity contribution in [3.63, 3.8) is 0 Å². The predicted molar refractivity (Wildman–Crippen MR) is 95.8 cm³/mol. The summed E-state index contributed by atoms with van der Waals surface area (Å²) in [5.41, 5.74) is -0.246. The second-order valence-corrected chi connectivity index (χ2v) is 7.07. The number of ketones is 1. The number of hydrogen-bond donors (Lipinski definition) is 1. The molecule has 0 bridgehead atoms. The van der Waals surface area contributed by atoms with Crippen LogP contribution in [0.4, 0.5) is 13.2 Å². The first-order valence-electron chi connectivity index (χ1n) is 8.65. The maximum atomic E-state index is 12.9. The number of amides is 1. The zero-order valence-electron chi connectivity index (χ0n) is 14.9. The topological polar surface area (TPSA) is 72.0 Å². The average molecular weight is 412 g/mol. The number of aryl methyl sites for hydroxylation is 1. The summed E-state index contributed by atoms with van der Waals surface area (Å²) >= 11 is 5.83. The number of nitrogens with zero attached hydrogens (tertiary/aromatic N) is 2. The number of alkyl halides is 3. The van der Waals surface area contributed by atoms with Gasteiger partial charge in [0, 0.05) is 18.2 Å². The molecule has 1 aromatic heterocycles. The van der Waals surface area contributed by atoms with Gasteiger partial charge in [-0.1, -0.05) is 23.7 Å². The lowest BCUT2D eigenvalue weighted by Crippen LogP contribution is -2.25. The third-order valence-corrected chi connectivity index (χ3v) is 4.77. The molecule has 1 N–H and O–H groups in total. The fraction of sp³-hybridized carbons (Fsp3) is 0.368. The maximum absolute atomic E-state index is 12.9. The van der Waals surface area contributed by atoms with Gasteiger partial charge in [-0.3, -0.25) is 9.59 Å². The number of halogens is 4. The standard InChI is InChI=1S/C19H17ClF3N3O2/c1-10-7-14(26-16(25-10)8-15(27)11-5-6-11)18(28)24-9-12-3-2-4-13(17(12)20)19(21,22)23/h2-4,7,11H,5-6,8-9H2,1H3,(H,24,28). The molecule has 1 fully saturated rings. The Morgan fingerprint density at radius 1 is 1.25 bits per heavy atom. The summed E-state index contributed by atoms with van der Waals surface area (Å²) in [6.45, 7) is 1.48. The van der Waals surface area contributed by atoms with Gasteiger partial charge in [-0.25, -0.2) is 9.97 Å². The Bertz CT molecular complexity index is 927. The molecule has 0 radical (unpaired) electrons. The molecule has 0 aliphatic heterocycles. The molecule has 9 heteroatoms. The zero-order chi connectivity index (χ0) is 20.5. The van der Waals surface area contributed by atoms with Crippen LogP contribution in [0.1, 0.15) is 46.0 Å². The van der Waals surface area contributed by atoms with Crippen LogP contribution in [0.25, 0.3) is 0 Å². The van der Waals surface area contributed by atoms with E-state index in [-0.39, 0.29) is 41.7 Å². The molecular formula is C19H17ClF3N3O2. The Balaban J connectivity index is 1.71. The van der Waals surface area contributed by atoms with Crippen molar-refractivity contribution in [1.82, 2.24) is 15.3 Å². The molecule has 28 heavy (non-hydrogen) atoms. The van der Waals surface area contributed by atoms with E-state index in [2.05, 4.69) is 15.3 Å². The van der Waals surface area contributed by atoms with Crippen LogP contribution in [0, 0.1) is 12.8 Å². The normalized spacial score (nSPS) is 14.0. The van der Waals surface area contributed by atoms with Crippen LogP contribution in [0.15, 0.2) is 24.3 Å². The summed E-state index contributed by atoms with van der Waals surface area (Å²) < 4.78 is 38.8. The van der Waals surface area contributed by atoms with E-state index >= 15 is 0 Å². The van der Waals surface area contributed by atoms with Gasteiger partial charge in [0.1, 0.15) is 17.3 Å². The van der Waals surface area contributed by atoms with E-state index in [0.29, 0.717) is 5.69 Å². The molecule has 0 saturated heterocycles. The minimum Gasteiger partial charge on any atom is -0.347 e. The first-order chi connectivity index (χ1) is 13.1. The van der Waals surface area contributed by atoms with Gasteiger partial charge in [0.2, 0.25) is 0 Å². The quantitative estimate of drug-likeness (QED) is 0.782. The molecule has 0 atom stereocenters. The molecule has 1 saturated carbocycles. The van der Waals surface area contributed by atoms with Crippen LogP contribution in [0.3, 0.4) is 0 Å². The number of benzene rings is 1. The number of nitrogens with one attached hydrogen (secondary N) is 1. The van der Waals surface area contributed by atoms with Crippen molar-refractivity contribution in [3.8, 4) is 0 Å². The third-order valence-electron chi connectivity index (χ3n) is 4.32. The molecule has 0 unspecified atom stereocenters. The van der Waals surface area contributed by atoms with E-state index in [9.17, 15) is 22.8 Å². The molecule has 1 aromatic carbocycles. The first kappa shape index (κ1) is 20.3. The van der Waals surface area contributed by atoms with Gasteiger partial charge in [-0.05, 0) is 37.5 Å². The number of carbonyl (C=O) groups is 2. The van der Waals surface area contributed by atoms with Crippen LogP contribution in [0.2, 0.25) is 5.02 Å². The summed E-state index contributed by atoms with van der Waals surface area (Å²) in [5, 5.41) is 2.06. The highest BCUT2D eigenvalue weighted by molar-refractivity contribution is 6.32. The molecule has 1 amide bonds. The lowest BCUT2D eigenvalue weighted by atomic mass is 10.1. The maximum Gasteiger partial charge on any atom is 0.417 e. The number of aromatic nitrogens is 2. The molecule has 3 rings (SSSR count). The van der Waals surface area contributed by atoms with E-state index in [1.165, 1.54) is 18.2 Å². The van der Waals surface area contributed by atoms with E-state index in [1.807, 2.05) is 0 Å². The Morgan fingerprint density at radius 2 is 1.96 bits per heavy atom. The van der Waals surface area contributed by atoms with Gasteiger partial charge in [-0.15, -0.1) is 0 Å². The van der Waals surface area contributed by atoms with Gasteiger partial charge in [0.15, 0.2) is 0 Å². The van der Waals surface area contributed by atoms with Gasteiger partial charge in [-0.2, -0.15) is 13.2 Å². The molecule has 1 aliphatic rings. The molecule has 2 aromatic rings. The molecular weight excluding hydrogens is 395 g/mol. The van der Waals surface area contributed by atoms with E-state index in [0.717, 1.165) is 18.9 Å². The minimum absolute atomic E-state index is 0.0488. The van der Waals surface area contributed by atoms with Crippen LogP contribution >= 0.6 is 11.6 Å². The van der Waals surface area contributed by atoms with Crippen molar-refractivity contribution < 1.29 is 22.8 Å². The van der Waals surface area contributed by atoms with Gasteiger partial charge < -0.3 is 5.32 Å². The Hall–Kier alpha value is -2.48. The molecule has 5 nitrogen and oxygen atoms in total. The smallest absolute Gasteiger partial charge is 0.347 e. The summed E-state index contributed by atoms with van der Waals surface area (Å²) in [5.74, 6) is -0.213. The number of rotatable bonds is 6. The summed E-state index contributed by atoms with van der Waals surface area (Å²) in [6, 6.07) is 4.97. The fourth-order valence-corrected chi connectivity index (χ4v) is 3.03. The lowest BCUT2D eigenvalue weighted by molar-refractivity contribution is -0.137. The van der Waals surface area contributed by atoms with Crippen molar-refractivity contribution in [2.75, 3.05) is 0 Å². The van der Waals surface area contributed by atoms with Crippen LogP contribution in [-0.2, 0) is 23.9 Å². The number of Topliss-reactive ketones (excluding diaryl/α,β-unsaturated/α-hetero) is 1. The van der Waals surface area contributed by atoms with Crippen LogP contribution < -0.4 is 5.32 Å². The zero-order valence-corrected chi connectivity index (χ0v) is 15.7. The Morgan fingerprint density at radius 3 is 2.61 bits per heavy atom. The van der Waals surface area contributed by atoms with Crippen molar-refractivity contribution in [2.24, 2.45) is 5.92 Å². The third kappa shape index (κ3) is 4.86. The van der Waals surface area contributed by atoms with E-state index in [1.54, 1.807) is 6.92 Å². The van der Waals surface area contributed by atoms with Crippen molar-refractivity contribution >= 4 is 23.3 Å². The Kier molecular flexibility index (Phi) is 5.69. The first-order valence-corrected chi connectivity index (χ1v) is 9.03. The largest absolute Gasteiger partial charge is 0.417 e. The van der Waals surface area contributed by atoms with Gasteiger partial charge >= 0.3 is 6.18 Å². The SMILES string of the molecule is Cc1cc(C(=O)NCc2cccc(C(F)(F)F)c2Cl)nc(CC(=O)C2CC2)n1. The number of carbonyl (C=O) groups excluding carboxylic acids is 2. The van der Waals surface area contributed by atoms with Crippen LogP contribution in [0.5, 0.6) is 0 Å². The average Bonchev–Trinajstić information content (AvgIpc) is 3.44. The fourth-order valence-electron chi connectivity index (χ4n) is 2.73. The molecule has 148 valence electrons. The highest BCUT2D eigenvalue weighted by Crippen LogP contribution is 2.36. The summed E-state index contributed by atoms with van der Waals surface area (Å²) in [7, 11) is 0. The minimum atomic E-state index is -4.58. The van der Waals surface area contributed by atoms with Gasteiger partial charge in [0.05, 0.1) is 17.0 Å². The highest BCUT2D eigenvalue weighted by atomic mass is 35.5.